The highest BCUT2D eigenvalue weighted by atomic mass is 32.1. The van der Waals surface area contributed by atoms with Crippen molar-refractivity contribution < 1.29 is 0 Å². The van der Waals surface area contributed by atoms with Crippen LogP contribution in [0.3, 0.4) is 0 Å². The maximum atomic E-state index is 4.42. The normalized spacial score (nSPS) is 10.8. The fourth-order valence-corrected chi connectivity index (χ4v) is 2.91. The second kappa shape index (κ2) is 6.13. The zero-order valence-electron chi connectivity index (χ0n) is 9.40. The van der Waals surface area contributed by atoms with Crippen LogP contribution in [0.4, 0.5) is 0 Å². The summed E-state index contributed by atoms with van der Waals surface area (Å²) >= 11 is 3.56. The van der Waals surface area contributed by atoms with Crippen molar-refractivity contribution in [1.29, 1.82) is 0 Å². The third-order valence-electron chi connectivity index (χ3n) is 2.33. The summed E-state index contributed by atoms with van der Waals surface area (Å²) in [4.78, 5) is 5.89. The minimum Gasteiger partial charge on any atom is -0.311 e. The Balaban J connectivity index is 1.59. The molecule has 0 aliphatic heterocycles. The largest absolute Gasteiger partial charge is 0.311 e. The quantitative estimate of drug-likeness (QED) is 0.798. The van der Waals surface area contributed by atoms with Gasteiger partial charge in [0.2, 0.25) is 0 Å². The molecular formula is C12H16N2S2. The molecule has 0 spiro atoms. The van der Waals surface area contributed by atoms with Crippen LogP contribution in [0.1, 0.15) is 22.0 Å². The molecule has 0 fully saturated rings. The molecule has 0 amide bonds. The van der Waals surface area contributed by atoms with Crippen molar-refractivity contribution in [2.45, 2.75) is 26.3 Å². The first-order valence-corrected chi connectivity index (χ1v) is 7.24. The molecule has 2 nitrogen and oxygen atoms in total. The molecule has 0 radical (unpaired) electrons. The highest BCUT2D eigenvalue weighted by molar-refractivity contribution is 7.10. The molecule has 4 heteroatoms. The fraction of sp³-hybridized carbons (Fsp3) is 0.417. The Morgan fingerprint density at radius 1 is 1.38 bits per heavy atom. The Bertz CT molecular complexity index is 406. The van der Waals surface area contributed by atoms with Gasteiger partial charge in [0.25, 0.3) is 0 Å². The van der Waals surface area contributed by atoms with Gasteiger partial charge in [0.1, 0.15) is 0 Å². The number of aromatic nitrogens is 1. The van der Waals surface area contributed by atoms with E-state index >= 15 is 0 Å². The number of thiophene rings is 1. The molecule has 2 aromatic rings. The van der Waals surface area contributed by atoms with Crippen LogP contribution in [0.5, 0.6) is 0 Å². The van der Waals surface area contributed by atoms with Crippen molar-refractivity contribution in [3.8, 4) is 0 Å². The summed E-state index contributed by atoms with van der Waals surface area (Å²) in [6, 6.07) is 4.32. The SMILES string of the molecule is Cc1nc(CNCCCc2cccs2)cs1. The number of hydrogen-bond donors (Lipinski definition) is 1. The molecule has 0 unspecified atom stereocenters. The van der Waals surface area contributed by atoms with E-state index in [2.05, 4.69) is 33.2 Å². The predicted octanol–water partition coefficient (Wildman–Crippen LogP) is 3.24. The van der Waals surface area contributed by atoms with Crippen molar-refractivity contribution in [3.05, 3.63) is 38.5 Å². The van der Waals surface area contributed by atoms with Gasteiger partial charge < -0.3 is 5.32 Å². The van der Waals surface area contributed by atoms with Crippen LogP contribution in [-0.2, 0) is 13.0 Å². The number of nitrogens with zero attached hydrogens (tertiary/aromatic N) is 1. The average Bonchev–Trinajstić information content (AvgIpc) is 2.89. The standard InChI is InChI=1S/C12H16N2S2/c1-10-14-11(9-16-10)8-13-6-2-4-12-5-3-7-15-12/h3,5,7,9,13H,2,4,6,8H2,1H3. The van der Waals surface area contributed by atoms with Gasteiger partial charge in [-0.05, 0) is 37.8 Å². The molecule has 0 aromatic carbocycles. The van der Waals surface area contributed by atoms with Crippen molar-refractivity contribution in [1.82, 2.24) is 10.3 Å². The van der Waals surface area contributed by atoms with Gasteiger partial charge in [-0.15, -0.1) is 22.7 Å². The summed E-state index contributed by atoms with van der Waals surface area (Å²) in [6.45, 7) is 4.01. The van der Waals surface area contributed by atoms with E-state index < -0.39 is 0 Å². The zero-order valence-corrected chi connectivity index (χ0v) is 11.0. The summed E-state index contributed by atoms with van der Waals surface area (Å²) in [6.07, 6.45) is 2.38. The highest BCUT2D eigenvalue weighted by Crippen LogP contribution is 2.10. The third-order valence-corrected chi connectivity index (χ3v) is 4.09. The summed E-state index contributed by atoms with van der Waals surface area (Å²) in [5, 5.41) is 8.84. The molecular weight excluding hydrogens is 236 g/mol. The Morgan fingerprint density at radius 3 is 3.00 bits per heavy atom. The maximum Gasteiger partial charge on any atom is 0.0897 e. The molecule has 0 bridgehead atoms. The van der Waals surface area contributed by atoms with E-state index in [-0.39, 0.29) is 0 Å². The van der Waals surface area contributed by atoms with Crippen LogP contribution in [0.2, 0.25) is 0 Å². The second-order valence-corrected chi connectivity index (χ2v) is 5.81. The van der Waals surface area contributed by atoms with E-state index in [1.165, 1.54) is 23.4 Å². The fourth-order valence-electron chi connectivity index (χ4n) is 1.55. The zero-order chi connectivity index (χ0) is 11.2. The van der Waals surface area contributed by atoms with E-state index in [4.69, 9.17) is 0 Å². The number of thiazole rings is 1. The molecule has 16 heavy (non-hydrogen) atoms. The lowest BCUT2D eigenvalue weighted by Gasteiger charge is -2.01. The Morgan fingerprint density at radius 2 is 2.31 bits per heavy atom. The minimum atomic E-state index is 0.898. The molecule has 2 aromatic heterocycles. The Hall–Kier alpha value is -0.710. The van der Waals surface area contributed by atoms with E-state index in [1.807, 2.05) is 18.3 Å². The average molecular weight is 252 g/mol. The summed E-state index contributed by atoms with van der Waals surface area (Å²) < 4.78 is 0. The van der Waals surface area contributed by atoms with Crippen LogP contribution in [-0.4, -0.2) is 11.5 Å². The van der Waals surface area contributed by atoms with Crippen LogP contribution in [0.25, 0.3) is 0 Å². The maximum absolute atomic E-state index is 4.42. The monoisotopic (exact) mass is 252 g/mol. The van der Waals surface area contributed by atoms with Gasteiger partial charge in [-0.1, -0.05) is 6.07 Å². The second-order valence-electron chi connectivity index (χ2n) is 3.72. The number of aryl methyl sites for hydroxylation is 2. The van der Waals surface area contributed by atoms with Crippen LogP contribution < -0.4 is 5.32 Å². The van der Waals surface area contributed by atoms with Gasteiger partial charge >= 0.3 is 0 Å². The molecule has 2 rings (SSSR count). The number of rotatable bonds is 6. The molecule has 86 valence electrons. The first-order chi connectivity index (χ1) is 7.84. The lowest BCUT2D eigenvalue weighted by molar-refractivity contribution is 0.644. The lowest BCUT2D eigenvalue weighted by atomic mass is 10.2. The summed E-state index contributed by atoms with van der Waals surface area (Å²) in [7, 11) is 0. The molecule has 0 aliphatic rings. The highest BCUT2D eigenvalue weighted by Gasteiger charge is 1.97. The van der Waals surface area contributed by atoms with Gasteiger partial charge in [-0.3, -0.25) is 0 Å². The van der Waals surface area contributed by atoms with Gasteiger partial charge in [0.05, 0.1) is 10.7 Å². The summed E-state index contributed by atoms with van der Waals surface area (Å²) in [5.74, 6) is 0. The van der Waals surface area contributed by atoms with Crippen LogP contribution in [0, 0.1) is 6.92 Å². The van der Waals surface area contributed by atoms with E-state index in [9.17, 15) is 0 Å². The van der Waals surface area contributed by atoms with E-state index in [0.717, 1.165) is 18.1 Å². The number of hydrogen-bond acceptors (Lipinski definition) is 4. The molecule has 2 heterocycles. The van der Waals surface area contributed by atoms with Crippen molar-refractivity contribution in [3.63, 3.8) is 0 Å². The minimum absolute atomic E-state index is 0.898. The van der Waals surface area contributed by atoms with Crippen LogP contribution in [0.15, 0.2) is 22.9 Å². The van der Waals surface area contributed by atoms with Gasteiger partial charge in [-0.25, -0.2) is 4.98 Å². The molecule has 0 saturated heterocycles. The number of nitrogens with one attached hydrogen (secondary N) is 1. The Labute approximate surface area is 104 Å². The topological polar surface area (TPSA) is 24.9 Å². The lowest BCUT2D eigenvalue weighted by Crippen LogP contribution is -2.15. The first-order valence-electron chi connectivity index (χ1n) is 5.49. The van der Waals surface area contributed by atoms with Gasteiger partial charge in [-0.2, -0.15) is 0 Å². The van der Waals surface area contributed by atoms with Crippen molar-refractivity contribution in [2.24, 2.45) is 0 Å². The molecule has 0 aliphatic carbocycles. The van der Waals surface area contributed by atoms with Crippen LogP contribution >= 0.6 is 22.7 Å². The first kappa shape index (κ1) is 11.8. The molecule has 0 saturated carbocycles. The van der Waals surface area contributed by atoms with Gasteiger partial charge in [0, 0.05) is 16.8 Å². The molecule has 0 atom stereocenters. The third kappa shape index (κ3) is 3.70. The smallest absolute Gasteiger partial charge is 0.0897 e. The predicted molar refractivity (Wildman–Crippen MR) is 71.2 cm³/mol. The summed E-state index contributed by atoms with van der Waals surface area (Å²) in [5.41, 5.74) is 1.17. The Kier molecular flexibility index (Phi) is 4.51. The van der Waals surface area contributed by atoms with Crippen molar-refractivity contribution >= 4 is 22.7 Å². The van der Waals surface area contributed by atoms with Gasteiger partial charge in [0.15, 0.2) is 0 Å². The van der Waals surface area contributed by atoms with E-state index in [1.54, 1.807) is 11.3 Å². The van der Waals surface area contributed by atoms with Crippen molar-refractivity contribution in [2.75, 3.05) is 6.54 Å². The molecule has 1 N–H and O–H groups in total. The van der Waals surface area contributed by atoms with E-state index in [0.29, 0.717) is 0 Å².